The molecule has 0 aliphatic heterocycles. The summed E-state index contributed by atoms with van der Waals surface area (Å²) in [6.07, 6.45) is -1.79. The van der Waals surface area contributed by atoms with Gasteiger partial charge in [-0.25, -0.2) is 8.78 Å². The molecule has 8 heteroatoms. The number of amides is 1. The highest BCUT2D eigenvalue weighted by Crippen LogP contribution is 2.35. The maximum Gasteiger partial charge on any atom is 0.263 e. The third kappa shape index (κ3) is 3.79. The van der Waals surface area contributed by atoms with Gasteiger partial charge in [0.1, 0.15) is 21.5 Å². The molecular weight excluding hydrogens is 274 g/mol. The maximum absolute atomic E-state index is 12.1. The van der Waals surface area contributed by atoms with E-state index in [0.717, 1.165) is 17.8 Å². The number of hydrogen-bond acceptors (Lipinski definition) is 5. The lowest BCUT2D eigenvalue weighted by atomic mass is 10.2. The first-order valence-electron chi connectivity index (χ1n) is 5.63. The number of halogens is 2. The minimum Gasteiger partial charge on any atom is -0.396 e. The summed E-state index contributed by atoms with van der Waals surface area (Å²) in [4.78, 5) is 11.9. The van der Waals surface area contributed by atoms with E-state index in [1.807, 2.05) is 13.0 Å². The standard InChI is InChI=1S/C11H14F2N4OS/c1-2-3-16-10(18)9-8(15)6(4-14)11(19-9)17-5-7(12)13/h7,17H,2-3,5,15H2,1H3,(H,16,18). The van der Waals surface area contributed by atoms with Gasteiger partial charge in [0, 0.05) is 6.54 Å². The fourth-order valence-electron chi connectivity index (χ4n) is 1.34. The molecule has 19 heavy (non-hydrogen) atoms. The smallest absolute Gasteiger partial charge is 0.263 e. The average molecular weight is 288 g/mol. The highest BCUT2D eigenvalue weighted by Gasteiger charge is 2.21. The van der Waals surface area contributed by atoms with Crippen molar-refractivity contribution in [2.75, 3.05) is 24.1 Å². The number of thiophene rings is 1. The van der Waals surface area contributed by atoms with E-state index in [-0.39, 0.29) is 21.1 Å². The third-order valence-electron chi connectivity index (χ3n) is 2.22. The number of carbonyl (C=O) groups is 1. The van der Waals surface area contributed by atoms with Gasteiger partial charge >= 0.3 is 0 Å². The number of alkyl halides is 2. The minimum absolute atomic E-state index is 0.0258. The molecule has 0 radical (unpaired) electrons. The van der Waals surface area contributed by atoms with Crippen molar-refractivity contribution in [3.05, 3.63) is 10.4 Å². The molecule has 0 bridgehead atoms. The zero-order valence-electron chi connectivity index (χ0n) is 10.3. The molecule has 0 spiro atoms. The van der Waals surface area contributed by atoms with Crippen molar-refractivity contribution < 1.29 is 13.6 Å². The number of nitriles is 1. The molecule has 0 unspecified atom stereocenters. The van der Waals surface area contributed by atoms with Crippen LogP contribution < -0.4 is 16.4 Å². The summed E-state index contributed by atoms with van der Waals surface area (Å²) in [6.45, 7) is 1.79. The Morgan fingerprint density at radius 2 is 2.26 bits per heavy atom. The van der Waals surface area contributed by atoms with Gasteiger partial charge in [0.15, 0.2) is 0 Å². The van der Waals surface area contributed by atoms with E-state index in [2.05, 4.69) is 10.6 Å². The Morgan fingerprint density at radius 1 is 1.58 bits per heavy atom. The van der Waals surface area contributed by atoms with E-state index in [1.165, 1.54) is 0 Å². The number of anilines is 2. The number of nitrogens with two attached hydrogens (primary N) is 1. The van der Waals surface area contributed by atoms with Crippen molar-refractivity contribution in [3.63, 3.8) is 0 Å². The molecular formula is C11H14F2N4OS. The van der Waals surface area contributed by atoms with Crippen LogP contribution in [0.2, 0.25) is 0 Å². The van der Waals surface area contributed by atoms with Crippen molar-refractivity contribution in [2.45, 2.75) is 19.8 Å². The van der Waals surface area contributed by atoms with Crippen LogP contribution in [-0.2, 0) is 0 Å². The van der Waals surface area contributed by atoms with E-state index in [0.29, 0.717) is 6.54 Å². The molecule has 1 aromatic rings. The Morgan fingerprint density at radius 3 is 2.79 bits per heavy atom. The van der Waals surface area contributed by atoms with Crippen LogP contribution in [0.25, 0.3) is 0 Å². The Hall–Kier alpha value is -1.88. The fraction of sp³-hybridized carbons (Fsp3) is 0.455. The van der Waals surface area contributed by atoms with Gasteiger partial charge in [-0.15, -0.1) is 11.3 Å². The second-order valence-corrected chi connectivity index (χ2v) is 4.71. The van der Waals surface area contributed by atoms with Crippen molar-refractivity contribution in [2.24, 2.45) is 0 Å². The number of nitrogens with zero attached hydrogens (tertiary/aromatic N) is 1. The normalized spacial score (nSPS) is 10.3. The number of nitrogen functional groups attached to an aromatic ring is 1. The topological polar surface area (TPSA) is 90.9 Å². The zero-order chi connectivity index (χ0) is 14.4. The molecule has 0 fully saturated rings. The molecule has 1 rings (SSSR count). The first-order chi connectivity index (χ1) is 9.01. The van der Waals surface area contributed by atoms with Crippen molar-refractivity contribution in [1.82, 2.24) is 5.32 Å². The van der Waals surface area contributed by atoms with Gasteiger partial charge < -0.3 is 16.4 Å². The van der Waals surface area contributed by atoms with Crippen LogP contribution in [0.4, 0.5) is 19.5 Å². The number of nitrogens with one attached hydrogen (secondary N) is 2. The summed E-state index contributed by atoms with van der Waals surface area (Å²) in [5.74, 6) is -0.397. The molecule has 0 aliphatic carbocycles. The van der Waals surface area contributed by atoms with Crippen LogP contribution in [0.15, 0.2) is 0 Å². The van der Waals surface area contributed by atoms with Crippen LogP contribution in [0.5, 0.6) is 0 Å². The van der Waals surface area contributed by atoms with Gasteiger partial charge in [0.25, 0.3) is 12.3 Å². The second-order valence-electron chi connectivity index (χ2n) is 3.69. The van der Waals surface area contributed by atoms with Gasteiger partial charge in [-0.05, 0) is 6.42 Å². The first kappa shape index (κ1) is 15.2. The molecule has 4 N–H and O–H groups in total. The van der Waals surface area contributed by atoms with Gasteiger partial charge in [0.2, 0.25) is 0 Å². The molecule has 0 saturated carbocycles. The quantitative estimate of drug-likeness (QED) is 0.747. The summed E-state index contributed by atoms with van der Waals surface area (Å²) in [5, 5.41) is 14.2. The second kappa shape index (κ2) is 6.89. The molecule has 0 atom stereocenters. The summed E-state index contributed by atoms with van der Waals surface area (Å²) in [5.41, 5.74) is 5.75. The molecule has 0 saturated heterocycles. The molecule has 104 valence electrons. The number of rotatable bonds is 6. The predicted octanol–water partition coefficient (Wildman–Crippen LogP) is 2.02. The van der Waals surface area contributed by atoms with Crippen molar-refractivity contribution in [1.29, 1.82) is 5.26 Å². The monoisotopic (exact) mass is 288 g/mol. The van der Waals surface area contributed by atoms with Crippen LogP contribution in [0, 0.1) is 11.3 Å². The highest BCUT2D eigenvalue weighted by atomic mass is 32.1. The van der Waals surface area contributed by atoms with E-state index in [1.54, 1.807) is 0 Å². The molecule has 0 aliphatic rings. The van der Waals surface area contributed by atoms with Crippen molar-refractivity contribution >= 4 is 27.9 Å². The number of hydrogen-bond donors (Lipinski definition) is 3. The van der Waals surface area contributed by atoms with E-state index < -0.39 is 18.9 Å². The largest absolute Gasteiger partial charge is 0.396 e. The molecule has 1 aromatic heterocycles. The van der Waals surface area contributed by atoms with Crippen LogP contribution in [0.1, 0.15) is 28.6 Å². The first-order valence-corrected chi connectivity index (χ1v) is 6.45. The predicted molar refractivity (Wildman–Crippen MR) is 70.6 cm³/mol. The number of carbonyl (C=O) groups excluding carboxylic acids is 1. The van der Waals surface area contributed by atoms with Gasteiger partial charge in [-0.1, -0.05) is 6.92 Å². The lowest BCUT2D eigenvalue weighted by Gasteiger charge is -2.02. The van der Waals surface area contributed by atoms with Crippen LogP contribution >= 0.6 is 11.3 Å². The fourth-order valence-corrected chi connectivity index (χ4v) is 2.33. The van der Waals surface area contributed by atoms with E-state index >= 15 is 0 Å². The Kier molecular flexibility index (Phi) is 5.51. The van der Waals surface area contributed by atoms with E-state index in [9.17, 15) is 13.6 Å². The molecule has 1 amide bonds. The summed E-state index contributed by atoms with van der Waals surface area (Å²) in [7, 11) is 0. The summed E-state index contributed by atoms with van der Waals surface area (Å²) < 4.78 is 24.3. The molecule has 5 nitrogen and oxygen atoms in total. The minimum atomic E-state index is -2.55. The highest BCUT2D eigenvalue weighted by molar-refractivity contribution is 7.18. The summed E-state index contributed by atoms with van der Waals surface area (Å²) >= 11 is 0.907. The third-order valence-corrected chi connectivity index (χ3v) is 3.38. The zero-order valence-corrected chi connectivity index (χ0v) is 11.1. The Labute approximate surface area is 113 Å². The summed E-state index contributed by atoms with van der Waals surface area (Å²) in [6, 6.07) is 1.82. The lowest BCUT2D eigenvalue weighted by molar-refractivity contribution is 0.0958. The van der Waals surface area contributed by atoms with Gasteiger partial charge in [-0.2, -0.15) is 5.26 Å². The Balaban J connectivity index is 2.95. The Bertz CT molecular complexity index is 496. The van der Waals surface area contributed by atoms with Crippen LogP contribution in [0.3, 0.4) is 0 Å². The SMILES string of the molecule is CCCNC(=O)c1sc(NCC(F)F)c(C#N)c1N. The van der Waals surface area contributed by atoms with E-state index in [4.69, 9.17) is 11.0 Å². The van der Waals surface area contributed by atoms with Crippen molar-refractivity contribution in [3.8, 4) is 6.07 Å². The van der Waals surface area contributed by atoms with Gasteiger partial charge in [-0.3, -0.25) is 4.79 Å². The average Bonchev–Trinajstić information content (AvgIpc) is 2.69. The molecule has 0 aromatic carbocycles. The van der Waals surface area contributed by atoms with Gasteiger partial charge in [0.05, 0.1) is 12.2 Å². The maximum atomic E-state index is 12.1. The molecule has 1 heterocycles. The lowest BCUT2D eigenvalue weighted by Crippen LogP contribution is -2.23. The van der Waals surface area contributed by atoms with Crippen LogP contribution in [-0.4, -0.2) is 25.4 Å².